The van der Waals surface area contributed by atoms with Crippen molar-refractivity contribution in [3.63, 3.8) is 0 Å². The third-order valence-electron chi connectivity index (χ3n) is 2.76. The van der Waals surface area contributed by atoms with Gasteiger partial charge in [-0.05, 0) is 30.5 Å². The van der Waals surface area contributed by atoms with Crippen LogP contribution in [-0.4, -0.2) is 19.0 Å². The number of rotatable bonds is 7. The molecule has 0 aliphatic heterocycles. The van der Waals surface area contributed by atoms with E-state index < -0.39 is 0 Å². The van der Waals surface area contributed by atoms with Crippen LogP contribution < -0.4 is 10.6 Å². The number of hydrogen-bond donors (Lipinski definition) is 2. The summed E-state index contributed by atoms with van der Waals surface area (Å²) in [4.78, 5) is 11.5. The first-order valence-electron chi connectivity index (χ1n) is 6.42. The van der Waals surface area contributed by atoms with E-state index in [0.717, 1.165) is 23.9 Å². The fourth-order valence-corrected chi connectivity index (χ4v) is 2.00. The van der Waals surface area contributed by atoms with Gasteiger partial charge in [0.05, 0.1) is 6.54 Å². The lowest BCUT2D eigenvalue weighted by molar-refractivity contribution is -0.120. The van der Waals surface area contributed by atoms with Gasteiger partial charge in [0, 0.05) is 17.1 Å². The van der Waals surface area contributed by atoms with Crippen LogP contribution >= 0.6 is 15.9 Å². The molecule has 1 aromatic rings. The molecule has 0 heterocycles. The van der Waals surface area contributed by atoms with Gasteiger partial charge >= 0.3 is 0 Å². The fraction of sp³-hybridized carbons (Fsp3) is 0.500. The van der Waals surface area contributed by atoms with Gasteiger partial charge in [-0.15, -0.1) is 0 Å². The third-order valence-corrected chi connectivity index (χ3v) is 3.29. The SMILES string of the molecule is CCCNC(=O)CNC(CC)c1ccc(Br)cc1. The maximum Gasteiger partial charge on any atom is 0.233 e. The monoisotopic (exact) mass is 312 g/mol. The highest BCUT2D eigenvalue weighted by molar-refractivity contribution is 9.10. The molecule has 4 heteroatoms. The Morgan fingerprint density at radius 1 is 1.28 bits per heavy atom. The Bertz CT molecular complexity index is 365. The van der Waals surface area contributed by atoms with E-state index in [1.165, 1.54) is 5.56 Å². The predicted molar refractivity (Wildman–Crippen MR) is 78.5 cm³/mol. The van der Waals surface area contributed by atoms with E-state index in [-0.39, 0.29) is 11.9 Å². The number of carbonyl (C=O) groups is 1. The van der Waals surface area contributed by atoms with Crippen molar-refractivity contribution in [3.05, 3.63) is 34.3 Å². The summed E-state index contributed by atoms with van der Waals surface area (Å²) in [6.45, 7) is 5.28. The second-order valence-corrected chi connectivity index (χ2v) is 5.16. The molecule has 1 unspecified atom stereocenters. The Labute approximate surface area is 117 Å². The van der Waals surface area contributed by atoms with Gasteiger partial charge in [0.15, 0.2) is 0 Å². The molecule has 1 amide bonds. The van der Waals surface area contributed by atoms with Crippen LogP contribution in [0.3, 0.4) is 0 Å². The Morgan fingerprint density at radius 3 is 2.50 bits per heavy atom. The number of benzene rings is 1. The van der Waals surface area contributed by atoms with Crippen molar-refractivity contribution >= 4 is 21.8 Å². The minimum absolute atomic E-state index is 0.0624. The summed E-state index contributed by atoms with van der Waals surface area (Å²) in [5, 5.41) is 6.15. The smallest absolute Gasteiger partial charge is 0.233 e. The molecule has 0 fully saturated rings. The summed E-state index contributed by atoms with van der Waals surface area (Å²) in [7, 11) is 0. The van der Waals surface area contributed by atoms with Gasteiger partial charge in [-0.3, -0.25) is 4.79 Å². The first kappa shape index (κ1) is 15.2. The van der Waals surface area contributed by atoms with Crippen molar-refractivity contribution in [3.8, 4) is 0 Å². The summed E-state index contributed by atoms with van der Waals surface area (Å²) >= 11 is 3.42. The Morgan fingerprint density at radius 2 is 1.94 bits per heavy atom. The number of carbonyl (C=O) groups excluding carboxylic acids is 1. The third kappa shape index (κ3) is 5.19. The van der Waals surface area contributed by atoms with Crippen molar-refractivity contribution in [2.45, 2.75) is 32.7 Å². The molecule has 0 aliphatic carbocycles. The van der Waals surface area contributed by atoms with Crippen molar-refractivity contribution in [1.82, 2.24) is 10.6 Å². The lowest BCUT2D eigenvalue weighted by atomic mass is 10.0. The van der Waals surface area contributed by atoms with Crippen molar-refractivity contribution in [1.29, 1.82) is 0 Å². The van der Waals surface area contributed by atoms with Crippen LogP contribution in [-0.2, 0) is 4.79 Å². The second kappa shape index (κ2) is 8.27. The van der Waals surface area contributed by atoms with Crippen LogP contribution in [0.2, 0.25) is 0 Å². The molecule has 1 atom stereocenters. The molecule has 0 bridgehead atoms. The molecule has 1 rings (SSSR count). The molecule has 100 valence electrons. The zero-order valence-electron chi connectivity index (χ0n) is 11.0. The van der Waals surface area contributed by atoms with E-state index in [1.54, 1.807) is 0 Å². The van der Waals surface area contributed by atoms with Crippen LogP contribution in [0, 0.1) is 0 Å². The Hall–Kier alpha value is -0.870. The summed E-state index contributed by atoms with van der Waals surface area (Å²) in [6, 6.07) is 8.43. The molecule has 1 aromatic carbocycles. The normalized spacial score (nSPS) is 12.2. The van der Waals surface area contributed by atoms with Gasteiger partial charge in [0.2, 0.25) is 5.91 Å². The highest BCUT2D eigenvalue weighted by Gasteiger charge is 2.10. The van der Waals surface area contributed by atoms with Gasteiger partial charge in [0.1, 0.15) is 0 Å². The van der Waals surface area contributed by atoms with E-state index in [9.17, 15) is 4.79 Å². The second-order valence-electron chi connectivity index (χ2n) is 4.24. The van der Waals surface area contributed by atoms with Crippen LogP contribution in [0.1, 0.15) is 38.3 Å². The topological polar surface area (TPSA) is 41.1 Å². The van der Waals surface area contributed by atoms with Gasteiger partial charge in [-0.25, -0.2) is 0 Å². The Balaban J connectivity index is 2.47. The molecule has 0 radical (unpaired) electrons. The Kier molecular flexibility index (Phi) is 6.98. The highest BCUT2D eigenvalue weighted by Crippen LogP contribution is 2.19. The first-order valence-corrected chi connectivity index (χ1v) is 7.22. The molecule has 0 spiro atoms. The maximum absolute atomic E-state index is 11.5. The fourth-order valence-electron chi connectivity index (χ4n) is 1.74. The zero-order chi connectivity index (χ0) is 13.4. The van der Waals surface area contributed by atoms with E-state index in [1.807, 2.05) is 19.1 Å². The molecule has 2 N–H and O–H groups in total. The number of nitrogens with one attached hydrogen (secondary N) is 2. The zero-order valence-corrected chi connectivity index (χ0v) is 12.6. The van der Waals surface area contributed by atoms with E-state index in [4.69, 9.17) is 0 Å². The molecular weight excluding hydrogens is 292 g/mol. The number of amides is 1. The van der Waals surface area contributed by atoms with E-state index in [0.29, 0.717) is 6.54 Å². The number of halogens is 1. The molecule has 3 nitrogen and oxygen atoms in total. The highest BCUT2D eigenvalue weighted by atomic mass is 79.9. The summed E-state index contributed by atoms with van der Waals surface area (Å²) in [5.41, 5.74) is 1.21. The predicted octanol–water partition coefficient (Wildman–Crippen LogP) is 3.02. The minimum Gasteiger partial charge on any atom is -0.355 e. The largest absolute Gasteiger partial charge is 0.355 e. The summed E-state index contributed by atoms with van der Waals surface area (Å²) < 4.78 is 1.07. The lowest BCUT2D eigenvalue weighted by Gasteiger charge is -2.17. The van der Waals surface area contributed by atoms with E-state index >= 15 is 0 Å². The van der Waals surface area contributed by atoms with Crippen LogP contribution in [0.4, 0.5) is 0 Å². The van der Waals surface area contributed by atoms with Crippen LogP contribution in [0.5, 0.6) is 0 Å². The molecule has 0 saturated carbocycles. The average molecular weight is 313 g/mol. The van der Waals surface area contributed by atoms with Crippen molar-refractivity contribution in [2.75, 3.05) is 13.1 Å². The summed E-state index contributed by atoms with van der Waals surface area (Å²) in [5.74, 6) is 0.0624. The van der Waals surface area contributed by atoms with Crippen molar-refractivity contribution < 1.29 is 4.79 Å². The summed E-state index contributed by atoms with van der Waals surface area (Å²) in [6.07, 6.45) is 1.93. The molecule has 0 aromatic heterocycles. The van der Waals surface area contributed by atoms with Gasteiger partial charge in [-0.2, -0.15) is 0 Å². The molecule has 0 aliphatic rings. The van der Waals surface area contributed by atoms with Gasteiger partial charge in [0.25, 0.3) is 0 Å². The first-order chi connectivity index (χ1) is 8.67. The van der Waals surface area contributed by atoms with Crippen molar-refractivity contribution in [2.24, 2.45) is 0 Å². The molecular formula is C14H21BrN2O. The molecule has 18 heavy (non-hydrogen) atoms. The lowest BCUT2D eigenvalue weighted by Crippen LogP contribution is -2.35. The van der Waals surface area contributed by atoms with Gasteiger partial charge < -0.3 is 10.6 Å². The minimum atomic E-state index is 0.0624. The van der Waals surface area contributed by atoms with Gasteiger partial charge in [-0.1, -0.05) is 41.9 Å². The van der Waals surface area contributed by atoms with E-state index in [2.05, 4.69) is 45.6 Å². The quantitative estimate of drug-likeness (QED) is 0.812. The number of hydrogen-bond acceptors (Lipinski definition) is 2. The molecule has 0 saturated heterocycles. The average Bonchev–Trinajstić information content (AvgIpc) is 2.39. The maximum atomic E-state index is 11.5. The van der Waals surface area contributed by atoms with Crippen LogP contribution in [0.25, 0.3) is 0 Å². The standard InChI is InChI=1S/C14H21BrN2O/c1-3-9-16-14(18)10-17-13(4-2)11-5-7-12(15)8-6-11/h5-8,13,17H,3-4,9-10H2,1-2H3,(H,16,18). The van der Waals surface area contributed by atoms with Crippen LogP contribution in [0.15, 0.2) is 28.7 Å².